The lowest BCUT2D eigenvalue weighted by molar-refractivity contribution is -0.159. The number of esters is 1. The Hall–Kier alpha value is -1.12. The number of ketones is 1. The van der Waals surface area contributed by atoms with E-state index in [-0.39, 0.29) is 29.0 Å². The molecular formula is C15H22O3. The molecule has 18 heavy (non-hydrogen) atoms. The Labute approximate surface area is 109 Å². The van der Waals surface area contributed by atoms with Gasteiger partial charge in [-0.05, 0) is 32.1 Å². The van der Waals surface area contributed by atoms with E-state index in [9.17, 15) is 9.59 Å². The lowest BCUT2D eigenvalue weighted by Crippen LogP contribution is -2.39. The smallest absolute Gasteiger partial charge is 0.319 e. The van der Waals surface area contributed by atoms with Crippen molar-refractivity contribution in [3.8, 4) is 0 Å². The summed E-state index contributed by atoms with van der Waals surface area (Å²) in [7, 11) is 0. The Morgan fingerprint density at radius 2 is 2.06 bits per heavy atom. The van der Waals surface area contributed by atoms with Crippen molar-refractivity contribution in [1.29, 1.82) is 0 Å². The topological polar surface area (TPSA) is 43.4 Å². The minimum absolute atomic E-state index is 0.000880. The Morgan fingerprint density at radius 1 is 1.44 bits per heavy atom. The van der Waals surface area contributed by atoms with Crippen LogP contribution in [0.3, 0.4) is 0 Å². The number of ether oxygens (including phenoxy) is 1. The van der Waals surface area contributed by atoms with E-state index in [4.69, 9.17) is 4.74 Å². The van der Waals surface area contributed by atoms with Gasteiger partial charge in [0, 0.05) is 12.3 Å². The van der Waals surface area contributed by atoms with Crippen LogP contribution in [-0.4, -0.2) is 18.4 Å². The van der Waals surface area contributed by atoms with Crippen LogP contribution in [-0.2, 0) is 14.3 Å². The van der Waals surface area contributed by atoms with Gasteiger partial charge in [0.05, 0.1) is 6.61 Å². The number of rotatable bonds is 2. The molecule has 0 amide bonds. The van der Waals surface area contributed by atoms with Crippen LogP contribution >= 0.6 is 0 Å². The number of carbonyl (C=O) groups is 2. The van der Waals surface area contributed by atoms with Crippen LogP contribution in [0.5, 0.6) is 0 Å². The first-order valence-corrected chi connectivity index (χ1v) is 6.65. The zero-order valence-corrected chi connectivity index (χ0v) is 11.9. The summed E-state index contributed by atoms with van der Waals surface area (Å²) in [4.78, 5) is 24.5. The maximum atomic E-state index is 12.3. The third-order valence-electron chi connectivity index (χ3n) is 5.16. The van der Waals surface area contributed by atoms with Gasteiger partial charge in [-0.2, -0.15) is 0 Å². The second-order valence-electron chi connectivity index (χ2n) is 6.25. The summed E-state index contributed by atoms with van der Waals surface area (Å²) >= 11 is 0. The van der Waals surface area contributed by atoms with E-state index < -0.39 is 5.41 Å². The first-order chi connectivity index (χ1) is 8.26. The predicted octanol–water partition coefficient (Wildman–Crippen LogP) is 2.75. The number of allylic oxidation sites excluding steroid dienone is 2. The van der Waals surface area contributed by atoms with Crippen molar-refractivity contribution in [2.75, 3.05) is 6.61 Å². The highest BCUT2D eigenvalue weighted by atomic mass is 16.5. The Morgan fingerprint density at radius 3 is 2.61 bits per heavy atom. The van der Waals surface area contributed by atoms with Crippen LogP contribution in [0.2, 0.25) is 0 Å². The molecule has 0 N–H and O–H groups in total. The summed E-state index contributed by atoms with van der Waals surface area (Å²) in [6.45, 7) is 10.3. The van der Waals surface area contributed by atoms with Crippen LogP contribution in [0.15, 0.2) is 11.6 Å². The molecule has 0 aromatic rings. The predicted molar refractivity (Wildman–Crippen MR) is 68.9 cm³/mol. The standard InChI is InChI=1S/C15H22O3/c1-6-18-13(17)15(5)11-7-9(2)14(3,4)10(11)8-12(15)16/h7,10-11H,6,8H2,1-5H3/t10-,11-,15-/m1/s1. The second-order valence-corrected chi connectivity index (χ2v) is 6.25. The van der Waals surface area contributed by atoms with E-state index in [0.717, 1.165) is 0 Å². The fourth-order valence-corrected chi connectivity index (χ4v) is 3.42. The summed E-state index contributed by atoms with van der Waals surface area (Å²) in [5, 5.41) is 0. The molecule has 3 heteroatoms. The molecule has 100 valence electrons. The minimum Gasteiger partial charge on any atom is -0.465 e. The maximum absolute atomic E-state index is 12.3. The van der Waals surface area contributed by atoms with Gasteiger partial charge in [-0.3, -0.25) is 9.59 Å². The fourth-order valence-electron chi connectivity index (χ4n) is 3.42. The van der Waals surface area contributed by atoms with Gasteiger partial charge in [-0.15, -0.1) is 0 Å². The van der Waals surface area contributed by atoms with Crippen LogP contribution in [0.4, 0.5) is 0 Å². The van der Waals surface area contributed by atoms with Gasteiger partial charge in [-0.1, -0.05) is 25.5 Å². The van der Waals surface area contributed by atoms with Gasteiger partial charge in [0.25, 0.3) is 0 Å². The van der Waals surface area contributed by atoms with Crippen LogP contribution in [0.25, 0.3) is 0 Å². The molecule has 0 aromatic carbocycles. The highest BCUT2D eigenvalue weighted by molar-refractivity contribution is 6.06. The molecule has 0 unspecified atom stereocenters. The second kappa shape index (κ2) is 3.94. The van der Waals surface area contributed by atoms with Crippen molar-refractivity contribution in [3.05, 3.63) is 11.6 Å². The van der Waals surface area contributed by atoms with Crippen molar-refractivity contribution in [3.63, 3.8) is 0 Å². The number of hydrogen-bond acceptors (Lipinski definition) is 3. The molecular weight excluding hydrogens is 228 g/mol. The SMILES string of the molecule is CCOC(=O)[C@@]1(C)C(=O)C[C@@H]2[C@H]1C=C(C)C2(C)C. The van der Waals surface area contributed by atoms with E-state index in [1.165, 1.54) is 5.57 Å². The largest absolute Gasteiger partial charge is 0.465 e. The summed E-state index contributed by atoms with van der Waals surface area (Å²) in [6.07, 6.45) is 2.60. The zero-order chi connectivity index (χ0) is 13.7. The van der Waals surface area contributed by atoms with Crippen molar-refractivity contribution in [2.45, 2.75) is 41.0 Å². The molecule has 0 heterocycles. The molecule has 3 nitrogen and oxygen atoms in total. The van der Waals surface area contributed by atoms with Gasteiger partial charge in [-0.25, -0.2) is 0 Å². The van der Waals surface area contributed by atoms with Crippen molar-refractivity contribution in [2.24, 2.45) is 22.7 Å². The third kappa shape index (κ3) is 1.49. The molecule has 2 aliphatic rings. The van der Waals surface area contributed by atoms with E-state index in [1.807, 2.05) is 0 Å². The monoisotopic (exact) mass is 250 g/mol. The summed E-state index contributed by atoms with van der Waals surface area (Å²) in [6, 6.07) is 0. The molecule has 0 bridgehead atoms. The molecule has 0 radical (unpaired) electrons. The van der Waals surface area contributed by atoms with Gasteiger partial charge in [0.15, 0.2) is 5.78 Å². The molecule has 3 atom stereocenters. The van der Waals surface area contributed by atoms with Gasteiger partial charge in [0.1, 0.15) is 5.41 Å². The lowest BCUT2D eigenvalue weighted by atomic mass is 9.72. The minimum atomic E-state index is -0.976. The van der Waals surface area contributed by atoms with Gasteiger partial charge in [0.2, 0.25) is 0 Å². The van der Waals surface area contributed by atoms with Crippen molar-refractivity contribution >= 4 is 11.8 Å². The number of Topliss-reactive ketones (excluding diaryl/α,β-unsaturated/α-hetero) is 1. The Kier molecular flexibility index (Phi) is 2.91. The van der Waals surface area contributed by atoms with E-state index in [2.05, 4.69) is 26.8 Å². The van der Waals surface area contributed by atoms with Gasteiger partial charge >= 0.3 is 5.97 Å². The van der Waals surface area contributed by atoms with E-state index >= 15 is 0 Å². The average molecular weight is 250 g/mol. The fraction of sp³-hybridized carbons (Fsp3) is 0.733. The molecule has 0 spiro atoms. The summed E-state index contributed by atoms with van der Waals surface area (Å²) in [5.41, 5.74) is 0.306. The summed E-state index contributed by atoms with van der Waals surface area (Å²) in [5.74, 6) is -0.0875. The first kappa shape index (κ1) is 13.3. The molecule has 1 fully saturated rings. The van der Waals surface area contributed by atoms with E-state index in [0.29, 0.717) is 13.0 Å². The van der Waals surface area contributed by atoms with Crippen molar-refractivity contribution in [1.82, 2.24) is 0 Å². The normalized spacial score (nSPS) is 37.4. The molecule has 0 aromatic heterocycles. The number of fused-ring (bicyclic) bond motifs is 1. The van der Waals surface area contributed by atoms with E-state index in [1.54, 1.807) is 13.8 Å². The molecule has 0 aliphatic heterocycles. The highest BCUT2D eigenvalue weighted by Crippen LogP contribution is 2.59. The first-order valence-electron chi connectivity index (χ1n) is 6.65. The van der Waals surface area contributed by atoms with Crippen LogP contribution < -0.4 is 0 Å². The average Bonchev–Trinajstić information content (AvgIpc) is 2.66. The molecule has 2 aliphatic carbocycles. The van der Waals surface area contributed by atoms with Crippen LogP contribution in [0, 0.1) is 22.7 Å². The van der Waals surface area contributed by atoms with Gasteiger partial charge < -0.3 is 4.74 Å². The Bertz CT molecular complexity index is 433. The highest BCUT2D eigenvalue weighted by Gasteiger charge is 2.62. The molecule has 2 rings (SSSR count). The third-order valence-corrected chi connectivity index (χ3v) is 5.16. The number of hydrogen-bond donors (Lipinski definition) is 0. The quantitative estimate of drug-likeness (QED) is 0.430. The lowest BCUT2D eigenvalue weighted by Gasteiger charge is -2.30. The maximum Gasteiger partial charge on any atom is 0.319 e. The Balaban J connectivity index is 2.41. The molecule has 0 saturated heterocycles. The zero-order valence-electron chi connectivity index (χ0n) is 11.9. The van der Waals surface area contributed by atoms with Crippen molar-refractivity contribution < 1.29 is 14.3 Å². The van der Waals surface area contributed by atoms with Crippen LogP contribution in [0.1, 0.15) is 41.0 Å². The summed E-state index contributed by atoms with van der Waals surface area (Å²) < 4.78 is 5.12. The molecule has 1 saturated carbocycles. The number of carbonyl (C=O) groups excluding carboxylic acids is 2.